The van der Waals surface area contributed by atoms with Crippen molar-refractivity contribution in [3.63, 3.8) is 0 Å². The summed E-state index contributed by atoms with van der Waals surface area (Å²) in [5, 5.41) is 3.14. The van der Waals surface area contributed by atoms with Crippen LogP contribution in [-0.4, -0.2) is 18.0 Å². The third-order valence-electron chi connectivity index (χ3n) is 4.25. The van der Waals surface area contributed by atoms with Crippen molar-refractivity contribution in [3.8, 4) is 0 Å². The molecule has 108 valence electrons. The van der Waals surface area contributed by atoms with Gasteiger partial charge in [-0.2, -0.15) is 0 Å². The Hall–Kier alpha value is -0.280. The van der Waals surface area contributed by atoms with E-state index >= 15 is 0 Å². The molecule has 0 saturated heterocycles. The van der Waals surface area contributed by atoms with Gasteiger partial charge in [0.25, 0.3) is 0 Å². The molecule has 1 fully saturated rings. The van der Waals surface area contributed by atoms with Crippen molar-refractivity contribution < 1.29 is 4.79 Å². The highest BCUT2D eigenvalue weighted by Gasteiger charge is 2.32. The molecule has 0 radical (unpaired) electrons. The number of hydrogen-bond donors (Lipinski definition) is 2. The van der Waals surface area contributed by atoms with E-state index in [2.05, 4.69) is 19.2 Å². The first-order valence-corrected chi connectivity index (χ1v) is 6.79. The van der Waals surface area contributed by atoms with Crippen LogP contribution in [0.5, 0.6) is 0 Å². The van der Waals surface area contributed by atoms with Gasteiger partial charge in [0.05, 0.1) is 6.04 Å². The highest BCUT2D eigenvalue weighted by molar-refractivity contribution is 5.85. The second-order valence-corrected chi connectivity index (χ2v) is 6.73. The summed E-state index contributed by atoms with van der Waals surface area (Å²) < 4.78 is 0. The van der Waals surface area contributed by atoms with Gasteiger partial charge in [0, 0.05) is 6.04 Å². The van der Waals surface area contributed by atoms with E-state index in [0.717, 1.165) is 6.42 Å². The zero-order valence-electron chi connectivity index (χ0n) is 12.3. The quantitative estimate of drug-likeness (QED) is 0.815. The van der Waals surface area contributed by atoms with Crippen LogP contribution in [0.1, 0.15) is 53.9 Å². The first-order chi connectivity index (χ1) is 7.73. The van der Waals surface area contributed by atoms with Crippen LogP contribution in [0.4, 0.5) is 0 Å². The monoisotopic (exact) mass is 276 g/mol. The minimum Gasteiger partial charge on any atom is -0.352 e. The zero-order valence-corrected chi connectivity index (χ0v) is 13.1. The Kier molecular flexibility index (Phi) is 6.66. The predicted molar refractivity (Wildman–Crippen MR) is 78.8 cm³/mol. The van der Waals surface area contributed by atoms with Crippen LogP contribution in [0, 0.1) is 17.3 Å². The molecule has 1 rings (SSSR count). The topological polar surface area (TPSA) is 55.1 Å². The molecule has 1 aliphatic rings. The molecule has 3 N–H and O–H groups in total. The van der Waals surface area contributed by atoms with Gasteiger partial charge >= 0.3 is 0 Å². The molecule has 1 amide bonds. The molecule has 3 nitrogen and oxygen atoms in total. The summed E-state index contributed by atoms with van der Waals surface area (Å²) in [4.78, 5) is 12.1. The van der Waals surface area contributed by atoms with E-state index in [4.69, 9.17) is 5.73 Å². The van der Waals surface area contributed by atoms with E-state index < -0.39 is 6.04 Å². The lowest BCUT2D eigenvalue weighted by Gasteiger charge is -2.36. The summed E-state index contributed by atoms with van der Waals surface area (Å²) in [6.07, 6.45) is 3.58. The molecule has 3 unspecified atom stereocenters. The van der Waals surface area contributed by atoms with E-state index in [1.807, 2.05) is 20.8 Å². The number of hydrogen-bond acceptors (Lipinski definition) is 2. The maximum atomic E-state index is 12.1. The van der Waals surface area contributed by atoms with E-state index in [1.54, 1.807) is 0 Å². The highest BCUT2D eigenvalue weighted by atomic mass is 35.5. The van der Waals surface area contributed by atoms with Crippen molar-refractivity contribution >= 4 is 18.3 Å². The second-order valence-electron chi connectivity index (χ2n) is 6.73. The van der Waals surface area contributed by atoms with E-state index in [0.29, 0.717) is 17.9 Å². The zero-order chi connectivity index (χ0) is 13.2. The fourth-order valence-corrected chi connectivity index (χ4v) is 2.45. The molecular weight excluding hydrogens is 248 g/mol. The van der Waals surface area contributed by atoms with Gasteiger partial charge in [-0.25, -0.2) is 0 Å². The smallest absolute Gasteiger partial charge is 0.237 e. The van der Waals surface area contributed by atoms with E-state index in [1.165, 1.54) is 12.8 Å². The normalized spacial score (nSPS) is 30.2. The van der Waals surface area contributed by atoms with Crippen LogP contribution in [0.2, 0.25) is 0 Å². The molecule has 0 heterocycles. The molecule has 0 aromatic carbocycles. The van der Waals surface area contributed by atoms with Gasteiger partial charge < -0.3 is 11.1 Å². The molecular formula is C14H29ClN2O. The fourth-order valence-electron chi connectivity index (χ4n) is 2.45. The molecule has 0 aromatic rings. The van der Waals surface area contributed by atoms with Gasteiger partial charge in [-0.3, -0.25) is 4.79 Å². The van der Waals surface area contributed by atoms with Gasteiger partial charge in [-0.05, 0) is 23.7 Å². The fraction of sp³-hybridized carbons (Fsp3) is 0.929. The third-order valence-corrected chi connectivity index (χ3v) is 4.25. The number of halogens is 1. The third kappa shape index (κ3) is 4.43. The van der Waals surface area contributed by atoms with Gasteiger partial charge in [0.1, 0.15) is 0 Å². The Morgan fingerprint density at radius 1 is 1.28 bits per heavy atom. The first-order valence-electron chi connectivity index (χ1n) is 6.79. The van der Waals surface area contributed by atoms with Crippen LogP contribution in [-0.2, 0) is 4.79 Å². The van der Waals surface area contributed by atoms with Crippen molar-refractivity contribution in [3.05, 3.63) is 0 Å². The minimum absolute atomic E-state index is 0. The lowest BCUT2D eigenvalue weighted by atomic mass is 9.77. The maximum Gasteiger partial charge on any atom is 0.237 e. The van der Waals surface area contributed by atoms with E-state index in [-0.39, 0.29) is 23.7 Å². The van der Waals surface area contributed by atoms with E-state index in [9.17, 15) is 4.79 Å². The first kappa shape index (κ1) is 17.7. The summed E-state index contributed by atoms with van der Waals surface area (Å²) in [5.74, 6) is 1.25. The molecule has 1 aliphatic carbocycles. The highest BCUT2D eigenvalue weighted by Crippen LogP contribution is 2.29. The number of carbonyl (C=O) groups excluding carboxylic acids is 1. The van der Waals surface area contributed by atoms with Gasteiger partial charge in [-0.1, -0.05) is 47.5 Å². The van der Waals surface area contributed by atoms with Crippen molar-refractivity contribution in [1.29, 1.82) is 0 Å². The second kappa shape index (κ2) is 6.76. The maximum absolute atomic E-state index is 12.1. The average molecular weight is 277 g/mol. The van der Waals surface area contributed by atoms with Crippen LogP contribution in [0.25, 0.3) is 0 Å². The Morgan fingerprint density at radius 2 is 1.83 bits per heavy atom. The Balaban J connectivity index is 0.00000289. The number of amides is 1. The number of carbonyl (C=O) groups is 1. The SMILES string of the molecule is CC1CCCC(NC(=O)[C@@H](N)C(C)(C)C)C1C.Cl. The lowest BCUT2D eigenvalue weighted by molar-refractivity contribution is -0.126. The average Bonchev–Trinajstić information content (AvgIpc) is 2.22. The van der Waals surface area contributed by atoms with Crippen LogP contribution >= 0.6 is 12.4 Å². The van der Waals surface area contributed by atoms with Gasteiger partial charge in [0.2, 0.25) is 5.91 Å². The molecule has 1 saturated carbocycles. The number of nitrogens with one attached hydrogen (secondary N) is 1. The Labute approximate surface area is 118 Å². The summed E-state index contributed by atoms with van der Waals surface area (Å²) in [5.41, 5.74) is 5.81. The van der Waals surface area contributed by atoms with Gasteiger partial charge in [0.15, 0.2) is 0 Å². The summed E-state index contributed by atoms with van der Waals surface area (Å²) >= 11 is 0. The summed E-state index contributed by atoms with van der Waals surface area (Å²) in [7, 11) is 0. The van der Waals surface area contributed by atoms with Crippen LogP contribution < -0.4 is 11.1 Å². The molecule has 0 aromatic heterocycles. The molecule has 0 spiro atoms. The molecule has 0 aliphatic heterocycles. The van der Waals surface area contributed by atoms with Crippen molar-refractivity contribution in [2.75, 3.05) is 0 Å². The lowest BCUT2D eigenvalue weighted by Crippen LogP contribution is -2.53. The molecule has 4 heteroatoms. The number of nitrogens with two attached hydrogens (primary N) is 1. The molecule has 4 atom stereocenters. The predicted octanol–water partition coefficient (Wildman–Crippen LogP) is 2.72. The molecule has 0 bridgehead atoms. The van der Waals surface area contributed by atoms with Crippen molar-refractivity contribution in [2.24, 2.45) is 23.0 Å². The Bertz CT molecular complexity index is 275. The standard InChI is InChI=1S/C14H28N2O.ClH/c1-9-7-6-8-11(10(9)2)16-13(17)12(15)14(3,4)5;/h9-12H,6-8,15H2,1-5H3,(H,16,17);1H/t9?,10?,11?,12-;/m1./s1. The largest absolute Gasteiger partial charge is 0.352 e. The minimum atomic E-state index is -0.424. The number of rotatable bonds is 2. The van der Waals surface area contributed by atoms with Gasteiger partial charge in [-0.15, -0.1) is 12.4 Å². The Morgan fingerprint density at radius 3 is 2.33 bits per heavy atom. The van der Waals surface area contributed by atoms with Crippen LogP contribution in [0.15, 0.2) is 0 Å². The summed E-state index contributed by atoms with van der Waals surface area (Å²) in [6.45, 7) is 10.5. The van der Waals surface area contributed by atoms with Crippen LogP contribution in [0.3, 0.4) is 0 Å². The summed E-state index contributed by atoms with van der Waals surface area (Å²) in [6, 6.07) is -0.119. The molecule has 18 heavy (non-hydrogen) atoms. The van der Waals surface area contributed by atoms with Crippen molar-refractivity contribution in [1.82, 2.24) is 5.32 Å². The van der Waals surface area contributed by atoms with Crippen molar-refractivity contribution in [2.45, 2.75) is 66.0 Å².